The molecule has 0 aromatic heterocycles. The third-order valence-electron chi connectivity index (χ3n) is 4.03. The normalized spacial score (nSPS) is 24.5. The van der Waals surface area contributed by atoms with Gasteiger partial charge >= 0.3 is 0 Å². The Balaban J connectivity index is 1.65. The molecular weight excluding hydrogens is 290 g/mol. The second-order valence-electron chi connectivity index (χ2n) is 5.43. The number of hydrogen-bond acceptors (Lipinski definition) is 7. The second kappa shape index (κ2) is 7.96. The van der Waals surface area contributed by atoms with Crippen LogP contribution >= 0.6 is 11.8 Å². The number of piperidine rings is 1. The Morgan fingerprint density at radius 2 is 2.24 bits per heavy atom. The van der Waals surface area contributed by atoms with Crippen LogP contribution in [0.3, 0.4) is 0 Å². The fourth-order valence-electron chi connectivity index (χ4n) is 2.66. The zero-order chi connectivity index (χ0) is 15.2. The zero-order valence-corrected chi connectivity index (χ0v) is 13.1. The van der Waals surface area contributed by atoms with E-state index in [1.54, 1.807) is 23.6 Å². The van der Waals surface area contributed by atoms with E-state index in [4.69, 9.17) is 5.26 Å². The number of rotatable bonds is 5. The molecule has 2 aliphatic heterocycles. The molecule has 8 heteroatoms. The van der Waals surface area contributed by atoms with Gasteiger partial charge in [-0.05, 0) is 12.8 Å². The SMILES string of the molecule is CC(=O)N1CCC(N([O-])NCCN2CSCC2C#N)CC1. The summed E-state index contributed by atoms with van der Waals surface area (Å²) in [6, 6.07) is 2.18. The maximum absolute atomic E-state index is 12.0. The number of carbonyl (C=O) groups is 1. The number of carbonyl (C=O) groups excluding carboxylic acids is 1. The van der Waals surface area contributed by atoms with Crippen molar-refractivity contribution < 1.29 is 4.79 Å². The monoisotopic (exact) mass is 312 g/mol. The van der Waals surface area contributed by atoms with E-state index in [9.17, 15) is 10.0 Å². The molecular formula is C13H22N5O2S-. The van der Waals surface area contributed by atoms with Crippen LogP contribution in [0.25, 0.3) is 0 Å². The van der Waals surface area contributed by atoms with E-state index in [1.807, 2.05) is 0 Å². The van der Waals surface area contributed by atoms with Crippen LogP contribution in [0.5, 0.6) is 0 Å². The van der Waals surface area contributed by atoms with E-state index in [1.165, 1.54) is 0 Å². The minimum absolute atomic E-state index is 0.0318. The molecule has 0 saturated carbocycles. The number of hydrogen-bond donors (Lipinski definition) is 1. The highest BCUT2D eigenvalue weighted by Gasteiger charge is 2.24. The van der Waals surface area contributed by atoms with Gasteiger partial charge in [0.1, 0.15) is 6.04 Å². The summed E-state index contributed by atoms with van der Waals surface area (Å²) in [7, 11) is 0. The van der Waals surface area contributed by atoms with Crippen LogP contribution < -0.4 is 5.43 Å². The van der Waals surface area contributed by atoms with Crippen LogP contribution in [-0.2, 0) is 4.79 Å². The van der Waals surface area contributed by atoms with Gasteiger partial charge in [0.05, 0.1) is 6.07 Å². The van der Waals surface area contributed by atoms with E-state index in [2.05, 4.69) is 16.4 Å². The number of thioether (sulfide) groups is 1. The van der Waals surface area contributed by atoms with Crippen LogP contribution in [0.1, 0.15) is 19.8 Å². The van der Waals surface area contributed by atoms with Gasteiger partial charge in [0.2, 0.25) is 5.91 Å². The molecule has 0 aromatic carbocycles. The maximum Gasteiger partial charge on any atom is 0.219 e. The maximum atomic E-state index is 12.0. The third kappa shape index (κ3) is 4.56. The Labute approximate surface area is 129 Å². The van der Waals surface area contributed by atoms with Crippen molar-refractivity contribution in [3.8, 4) is 6.07 Å². The fraction of sp³-hybridized carbons (Fsp3) is 0.846. The molecule has 1 amide bonds. The van der Waals surface area contributed by atoms with Crippen LogP contribution in [0.2, 0.25) is 0 Å². The lowest BCUT2D eigenvalue weighted by Crippen LogP contribution is -2.50. The highest BCUT2D eigenvalue weighted by atomic mass is 32.2. The lowest BCUT2D eigenvalue weighted by atomic mass is 10.1. The van der Waals surface area contributed by atoms with Crippen molar-refractivity contribution in [2.75, 3.05) is 37.8 Å². The van der Waals surface area contributed by atoms with Gasteiger partial charge in [0.15, 0.2) is 0 Å². The van der Waals surface area contributed by atoms with Crippen molar-refractivity contribution in [2.24, 2.45) is 0 Å². The standard InChI is InChI=1S/C13H22N5O2S/c1-11(19)16-5-2-12(3-6-16)18(20)15-4-7-17-10-21-9-13(17)8-14/h12-13,15H,2-7,9-10H2,1H3/q-1. The number of nitrogens with one attached hydrogen (secondary N) is 1. The van der Waals surface area contributed by atoms with Gasteiger partial charge in [-0.25, -0.2) is 0 Å². The van der Waals surface area contributed by atoms with Crippen molar-refractivity contribution in [3.63, 3.8) is 0 Å². The van der Waals surface area contributed by atoms with Gasteiger partial charge in [-0.3, -0.25) is 15.1 Å². The zero-order valence-electron chi connectivity index (χ0n) is 12.3. The minimum Gasteiger partial charge on any atom is -0.771 e. The summed E-state index contributed by atoms with van der Waals surface area (Å²) in [5.74, 6) is 1.78. The van der Waals surface area contributed by atoms with E-state index in [-0.39, 0.29) is 18.0 Å². The van der Waals surface area contributed by atoms with Gasteiger partial charge in [0.25, 0.3) is 0 Å². The van der Waals surface area contributed by atoms with Gasteiger partial charge < -0.3 is 15.3 Å². The molecule has 1 atom stereocenters. The van der Waals surface area contributed by atoms with E-state index >= 15 is 0 Å². The quantitative estimate of drug-likeness (QED) is 0.726. The highest BCUT2D eigenvalue weighted by molar-refractivity contribution is 7.99. The molecule has 7 nitrogen and oxygen atoms in total. The van der Waals surface area contributed by atoms with Crippen molar-refractivity contribution in [2.45, 2.75) is 31.8 Å². The van der Waals surface area contributed by atoms with Gasteiger partial charge in [0, 0.05) is 50.8 Å². The molecule has 1 N–H and O–H groups in total. The lowest BCUT2D eigenvalue weighted by molar-refractivity contribution is -0.130. The first-order valence-electron chi connectivity index (χ1n) is 7.28. The van der Waals surface area contributed by atoms with E-state index < -0.39 is 0 Å². The molecule has 1 unspecified atom stereocenters. The number of amides is 1. The Bertz CT molecular complexity index is 395. The highest BCUT2D eigenvalue weighted by Crippen LogP contribution is 2.19. The van der Waals surface area contributed by atoms with Gasteiger partial charge in [-0.15, -0.1) is 11.8 Å². The van der Waals surface area contributed by atoms with Gasteiger partial charge in [-0.1, -0.05) is 0 Å². The first kappa shape index (κ1) is 16.5. The summed E-state index contributed by atoms with van der Waals surface area (Å²) in [5.41, 5.74) is 2.88. The van der Waals surface area contributed by atoms with Crippen molar-refractivity contribution in [1.29, 1.82) is 5.26 Å². The average Bonchev–Trinajstić information content (AvgIpc) is 2.94. The molecule has 2 heterocycles. The molecule has 0 aromatic rings. The molecule has 118 valence electrons. The van der Waals surface area contributed by atoms with Crippen molar-refractivity contribution >= 4 is 17.7 Å². The Kier molecular flexibility index (Phi) is 6.26. The van der Waals surface area contributed by atoms with Crippen molar-refractivity contribution in [1.82, 2.24) is 20.4 Å². The second-order valence-corrected chi connectivity index (χ2v) is 6.43. The Morgan fingerprint density at radius 1 is 1.52 bits per heavy atom. The lowest BCUT2D eigenvalue weighted by Gasteiger charge is -2.42. The van der Waals surface area contributed by atoms with Crippen LogP contribution in [0.15, 0.2) is 0 Å². The summed E-state index contributed by atoms with van der Waals surface area (Å²) in [4.78, 5) is 15.1. The predicted octanol–water partition coefficient (Wildman–Crippen LogP) is 0.200. The molecule has 2 rings (SSSR count). The number of nitriles is 1. The van der Waals surface area contributed by atoms with E-state index in [0.717, 1.165) is 16.8 Å². The molecule has 0 aliphatic carbocycles. The predicted molar refractivity (Wildman–Crippen MR) is 81.9 cm³/mol. The minimum atomic E-state index is -0.0692. The summed E-state index contributed by atoms with van der Waals surface area (Å²) in [5, 5.41) is 21.9. The Morgan fingerprint density at radius 3 is 2.86 bits per heavy atom. The molecule has 0 spiro atoms. The van der Waals surface area contributed by atoms with Crippen LogP contribution in [0.4, 0.5) is 0 Å². The number of hydrazine groups is 1. The number of nitrogens with zero attached hydrogens (tertiary/aromatic N) is 4. The summed E-state index contributed by atoms with van der Waals surface area (Å²) in [6.07, 6.45) is 1.41. The molecule has 21 heavy (non-hydrogen) atoms. The summed E-state index contributed by atoms with van der Waals surface area (Å²) < 4.78 is 0. The first-order chi connectivity index (χ1) is 10.1. The molecule has 2 saturated heterocycles. The summed E-state index contributed by atoms with van der Waals surface area (Å²) in [6.45, 7) is 4.12. The van der Waals surface area contributed by atoms with E-state index in [0.29, 0.717) is 39.0 Å². The van der Waals surface area contributed by atoms with Gasteiger partial charge in [-0.2, -0.15) is 5.26 Å². The molecule has 2 aliphatic rings. The third-order valence-corrected chi connectivity index (χ3v) is 5.10. The number of hydroxylamine groups is 1. The first-order valence-corrected chi connectivity index (χ1v) is 8.44. The molecule has 0 bridgehead atoms. The molecule has 2 fully saturated rings. The van der Waals surface area contributed by atoms with Crippen molar-refractivity contribution in [3.05, 3.63) is 5.21 Å². The smallest absolute Gasteiger partial charge is 0.219 e. The largest absolute Gasteiger partial charge is 0.771 e. The average molecular weight is 312 g/mol. The Hall–Kier alpha value is -0.850. The topological polar surface area (TPSA) is 85.7 Å². The van der Waals surface area contributed by atoms with Crippen LogP contribution in [0, 0.1) is 16.5 Å². The number of likely N-dealkylation sites (tertiary alicyclic amines) is 1. The fourth-order valence-corrected chi connectivity index (χ4v) is 3.82. The molecule has 0 radical (unpaired) electrons. The van der Waals surface area contributed by atoms with Crippen LogP contribution in [-0.4, -0.2) is 70.8 Å². The summed E-state index contributed by atoms with van der Waals surface area (Å²) >= 11 is 1.75.